The minimum Gasteiger partial charge on any atom is -0.483 e. The van der Waals surface area contributed by atoms with Crippen molar-refractivity contribution in [1.82, 2.24) is 10.2 Å². The smallest absolute Gasteiger partial charge is 0.261 e. The summed E-state index contributed by atoms with van der Waals surface area (Å²) in [4.78, 5) is 28.9. The van der Waals surface area contributed by atoms with E-state index in [2.05, 4.69) is 42.0 Å². The van der Waals surface area contributed by atoms with Crippen LogP contribution in [-0.4, -0.2) is 35.9 Å². The van der Waals surface area contributed by atoms with Crippen molar-refractivity contribution < 1.29 is 14.3 Å². The van der Waals surface area contributed by atoms with E-state index in [9.17, 15) is 9.59 Å². The Kier molecular flexibility index (Phi) is 11.0. The van der Waals surface area contributed by atoms with Crippen LogP contribution in [0.5, 0.6) is 5.75 Å². The number of hydrogen-bond acceptors (Lipinski definition) is 3. The molecule has 1 N–H and O–H groups in total. The summed E-state index contributed by atoms with van der Waals surface area (Å²) in [5, 5.41) is 3.64. The third kappa shape index (κ3) is 9.40. The first-order valence-corrected chi connectivity index (χ1v) is 14.4. The predicted molar refractivity (Wildman–Crippen MR) is 162 cm³/mol. The Balaban J connectivity index is 1.90. The molecule has 1 unspecified atom stereocenters. The summed E-state index contributed by atoms with van der Waals surface area (Å²) in [6.45, 7) is 11.1. The third-order valence-electron chi connectivity index (χ3n) is 6.37. The molecular formula is C32H38BrClN2O3. The van der Waals surface area contributed by atoms with E-state index < -0.39 is 6.04 Å². The van der Waals surface area contributed by atoms with Gasteiger partial charge in [0.25, 0.3) is 5.91 Å². The maximum absolute atomic E-state index is 13.8. The first-order valence-electron chi connectivity index (χ1n) is 13.2. The standard InChI is InChI=1S/C32H38BrClN2O3/c1-22(2)19-35-31(38)28(17-23-9-7-6-8-10-23)36(20-24-11-14-26(34)15-12-24)30(37)21-39-29-16-13-25(18-27(29)33)32(3,4)5/h6-16,18,22,28H,17,19-21H2,1-5H3,(H,35,38). The Morgan fingerprint density at radius 1 is 0.974 bits per heavy atom. The lowest BCUT2D eigenvalue weighted by Crippen LogP contribution is -2.52. The van der Waals surface area contributed by atoms with Crippen molar-refractivity contribution in [2.75, 3.05) is 13.2 Å². The second-order valence-corrected chi connectivity index (χ2v) is 12.5. The highest BCUT2D eigenvalue weighted by atomic mass is 79.9. The predicted octanol–water partition coefficient (Wildman–Crippen LogP) is 7.19. The highest BCUT2D eigenvalue weighted by Crippen LogP contribution is 2.31. The summed E-state index contributed by atoms with van der Waals surface area (Å²) < 4.78 is 6.77. The Labute approximate surface area is 246 Å². The molecule has 39 heavy (non-hydrogen) atoms. The fourth-order valence-corrected chi connectivity index (χ4v) is 4.69. The number of amides is 2. The van der Waals surface area contributed by atoms with E-state index in [1.165, 1.54) is 0 Å². The molecule has 3 aromatic carbocycles. The molecule has 0 aliphatic heterocycles. The van der Waals surface area contributed by atoms with Gasteiger partial charge >= 0.3 is 0 Å². The fourth-order valence-electron chi connectivity index (χ4n) is 4.07. The van der Waals surface area contributed by atoms with Gasteiger partial charge in [-0.05, 0) is 68.2 Å². The molecule has 0 bridgehead atoms. The van der Waals surface area contributed by atoms with Crippen molar-refractivity contribution in [3.8, 4) is 5.75 Å². The van der Waals surface area contributed by atoms with Gasteiger partial charge in [0, 0.05) is 24.5 Å². The molecule has 0 saturated carbocycles. The number of ether oxygens (including phenoxy) is 1. The molecule has 3 rings (SSSR count). The van der Waals surface area contributed by atoms with Crippen LogP contribution >= 0.6 is 27.5 Å². The highest BCUT2D eigenvalue weighted by molar-refractivity contribution is 9.10. The highest BCUT2D eigenvalue weighted by Gasteiger charge is 2.31. The molecule has 7 heteroatoms. The van der Waals surface area contributed by atoms with Crippen LogP contribution in [0, 0.1) is 5.92 Å². The molecule has 0 aromatic heterocycles. The van der Waals surface area contributed by atoms with Gasteiger partial charge in [-0.3, -0.25) is 9.59 Å². The average molecular weight is 614 g/mol. The van der Waals surface area contributed by atoms with Crippen LogP contribution < -0.4 is 10.1 Å². The maximum atomic E-state index is 13.8. The molecule has 3 aromatic rings. The van der Waals surface area contributed by atoms with E-state index in [0.717, 1.165) is 21.2 Å². The number of nitrogens with zero attached hydrogens (tertiary/aromatic N) is 1. The largest absolute Gasteiger partial charge is 0.483 e. The first kappa shape index (κ1) is 30.7. The molecule has 0 heterocycles. The zero-order valence-corrected chi connectivity index (χ0v) is 25.7. The van der Waals surface area contributed by atoms with E-state index in [4.69, 9.17) is 16.3 Å². The summed E-state index contributed by atoms with van der Waals surface area (Å²) >= 11 is 9.70. The number of carbonyl (C=O) groups excluding carboxylic acids is 2. The quantitative estimate of drug-likeness (QED) is 0.249. The number of hydrogen-bond donors (Lipinski definition) is 1. The minimum atomic E-state index is -0.718. The number of rotatable bonds is 11. The van der Waals surface area contributed by atoms with Gasteiger partial charge < -0.3 is 15.0 Å². The van der Waals surface area contributed by atoms with Crippen molar-refractivity contribution in [1.29, 1.82) is 0 Å². The SMILES string of the molecule is CC(C)CNC(=O)C(Cc1ccccc1)N(Cc1ccc(Cl)cc1)C(=O)COc1ccc(C(C)(C)C)cc1Br. The van der Waals surface area contributed by atoms with Gasteiger partial charge in [0.05, 0.1) is 4.47 Å². The molecule has 0 radical (unpaired) electrons. The van der Waals surface area contributed by atoms with Crippen molar-refractivity contribution in [2.45, 2.75) is 59.0 Å². The van der Waals surface area contributed by atoms with Gasteiger partial charge in [-0.25, -0.2) is 0 Å². The average Bonchev–Trinajstić information content (AvgIpc) is 2.89. The van der Waals surface area contributed by atoms with Gasteiger partial charge in [-0.15, -0.1) is 0 Å². The molecule has 0 spiro atoms. The van der Waals surface area contributed by atoms with Crippen LogP contribution in [0.25, 0.3) is 0 Å². The lowest BCUT2D eigenvalue weighted by atomic mass is 9.87. The van der Waals surface area contributed by atoms with E-state index in [0.29, 0.717) is 23.7 Å². The van der Waals surface area contributed by atoms with E-state index in [1.54, 1.807) is 17.0 Å². The topological polar surface area (TPSA) is 58.6 Å². The van der Waals surface area contributed by atoms with Gasteiger partial charge in [0.15, 0.2) is 6.61 Å². The Hall–Kier alpha value is -2.83. The summed E-state index contributed by atoms with van der Waals surface area (Å²) in [6.07, 6.45) is 0.383. The zero-order valence-electron chi connectivity index (χ0n) is 23.3. The molecule has 1 atom stereocenters. The Morgan fingerprint density at radius 3 is 2.23 bits per heavy atom. The van der Waals surface area contributed by atoms with Crippen LogP contribution in [0.15, 0.2) is 77.3 Å². The Morgan fingerprint density at radius 2 is 1.64 bits per heavy atom. The molecular weight excluding hydrogens is 576 g/mol. The second kappa shape index (κ2) is 14.0. The summed E-state index contributed by atoms with van der Waals surface area (Å²) in [5.41, 5.74) is 2.98. The molecule has 2 amide bonds. The normalized spacial score (nSPS) is 12.2. The molecule has 0 saturated heterocycles. The minimum absolute atomic E-state index is 0.0136. The summed E-state index contributed by atoms with van der Waals surface area (Å²) in [7, 11) is 0. The van der Waals surface area contributed by atoms with E-state index >= 15 is 0 Å². The lowest BCUT2D eigenvalue weighted by Gasteiger charge is -2.32. The number of benzene rings is 3. The van der Waals surface area contributed by atoms with Gasteiger partial charge in [-0.1, -0.05) is 94.8 Å². The van der Waals surface area contributed by atoms with Crippen LogP contribution in [0.4, 0.5) is 0 Å². The molecule has 5 nitrogen and oxygen atoms in total. The van der Waals surface area contributed by atoms with E-state index in [-0.39, 0.29) is 36.3 Å². The number of nitrogens with one attached hydrogen (secondary N) is 1. The molecule has 208 valence electrons. The molecule has 0 fully saturated rings. The van der Waals surface area contributed by atoms with Crippen molar-refractivity contribution in [2.24, 2.45) is 5.92 Å². The third-order valence-corrected chi connectivity index (χ3v) is 7.24. The zero-order chi connectivity index (χ0) is 28.6. The van der Waals surface area contributed by atoms with Crippen molar-refractivity contribution in [3.63, 3.8) is 0 Å². The Bertz CT molecular complexity index is 1240. The monoisotopic (exact) mass is 612 g/mol. The molecule has 0 aliphatic rings. The van der Waals surface area contributed by atoms with Gasteiger partial charge in [-0.2, -0.15) is 0 Å². The van der Waals surface area contributed by atoms with Crippen LogP contribution in [-0.2, 0) is 28.0 Å². The van der Waals surface area contributed by atoms with Crippen LogP contribution in [0.1, 0.15) is 51.3 Å². The van der Waals surface area contributed by atoms with E-state index in [1.807, 2.05) is 74.5 Å². The van der Waals surface area contributed by atoms with Gasteiger partial charge in [0.1, 0.15) is 11.8 Å². The van der Waals surface area contributed by atoms with Crippen LogP contribution in [0.3, 0.4) is 0 Å². The van der Waals surface area contributed by atoms with Gasteiger partial charge in [0.2, 0.25) is 5.91 Å². The maximum Gasteiger partial charge on any atom is 0.261 e. The van der Waals surface area contributed by atoms with Crippen molar-refractivity contribution in [3.05, 3.63) is 99.0 Å². The summed E-state index contributed by atoms with van der Waals surface area (Å²) in [5.74, 6) is 0.387. The van der Waals surface area contributed by atoms with Crippen molar-refractivity contribution >= 4 is 39.3 Å². The van der Waals surface area contributed by atoms with Crippen LogP contribution in [0.2, 0.25) is 5.02 Å². The second-order valence-electron chi connectivity index (χ2n) is 11.2. The number of halogens is 2. The molecule has 0 aliphatic carbocycles. The summed E-state index contributed by atoms with van der Waals surface area (Å²) in [6, 6.07) is 22.2. The fraction of sp³-hybridized carbons (Fsp3) is 0.375. The first-order chi connectivity index (χ1) is 18.4. The number of carbonyl (C=O) groups is 2. The lowest BCUT2D eigenvalue weighted by molar-refractivity contribution is -0.142.